The van der Waals surface area contributed by atoms with Crippen LogP contribution in [0.2, 0.25) is 0 Å². The zero-order valence-electron chi connectivity index (χ0n) is 9.43. The maximum Gasteiger partial charge on any atom is 0.231 e. The Bertz CT molecular complexity index is 576. The third kappa shape index (κ3) is 1.69. The largest absolute Gasteiger partial charge is 0.508 e. The molecule has 3 rings (SSSR count). The molecule has 0 radical (unpaired) electrons. The van der Waals surface area contributed by atoms with E-state index in [-0.39, 0.29) is 12.5 Å². The first kappa shape index (κ1) is 10.0. The summed E-state index contributed by atoms with van der Waals surface area (Å²) in [5.41, 5.74) is 3.18. The van der Waals surface area contributed by atoms with Crippen molar-refractivity contribution in [3.63, 3.8) is 0 Å². The lowest BCUT2D eigenvalue weighted by Gasteiger charge is -2.07. The maximum absolute atomic E-state index is 9.39. The van der Waals surface area contributed by atoms with E-state index in [9.17, 15) is 5.11 Å². The molecule has 1 aliphatic rings. The number of hydrogen-bond donors (Lipinski definition) is 1. The smallest absolute Gasteiger partial charge is 0.231 e. The third-order valence-corrected chi connectivity index (χ3v) is 2.89. The molecule has 3 nitrogen and oxygen atoms in total. The van der Waals surface area contributed by atoms with E-state index in [4.69, 9.17) is 9.47 Å². The molecule has 0 atom stereocenters. The molecule has 0 unspecified atom stereocenters. The molecule has 2 aromatic carbocycles. The highest BCUT2D eigenvalue weighted by Crippen LogP contribution is 2.37. The lowest BCUT2D eigenvalue weighted by atomic mass is 10.00. The van der Waals surface area contributed by atoms with Crippen molar-refractivity contribution in [3.8, 4) is 28.4 Å². The van der Waals surface area contributed by atoms with Gasteiger partial charge in [0, 0.05) is 0 Å². The van der Waals surface area contributed by atoms with Gasteiger partial charge in [0.1, 0.15) is 5.75 Å². The first-order valence-electron chi connectivity index (χ1n) is 5.44. The molecule has 0 amide bonds. The second-order valence-electron chi connectivity index (χ2n) is 4.07. The molecule has 0 spiro atoms. The molecule has 0 fully saturated rings. The van der Waals surface area contributed by atoms with Gasteiger partial charge in [-0.1, -0.05) is 12.1 Å². The molecule has 0 aliphatic carbocycles. The molecular weight excluding hydrogens is 216 g/mol. The lowest BCUT2D eigenvalue weighted by Crippen LogP contribution is -1.92. The van der Waals surface area contributed by atoms with Crippen molar-refractivity contribution < 1.29 is 14.6 Å². The van der Waals surface area contributed by atoms with Gasteiger partial charge >= 0.3 is 0 Å². The number of fused-ring (bicyclic) bond motifs is 1. The summed E-state index contributed by atoms with van der Waals surface area (Å²) in [5, 5.41) is 9.39. The van der Waals surface area contributed by atoms with Crippen LogP contribution in [0, 0.1) is 6.92 Å². The van der Waals surface area contributed by atoms with Crippen LogP contribution in [0.5, 0.6) is 17.2 Å². The SMILES string of the molecule is Cc1cc(O)ccc1-c1ccc2c(c1)OCO2. The van der Waals surface area contributed by atoms with Crippen molar-refractivity contribution >= 4 is 0 Å². The monoisotopic (exact) mass is 228 g/mol. The van der Waals surface area contributed by atoms with Gasteiger partial charge in [0.15, 0.2) is 11.5 Å². The molecule has 17 heavy (non-hydrogen) atoms. The van der Waals surface area contributed by atoms with Gasteiger partial charge in [-0.2, -0.15) is 0 Å². The van der Waals surface area contributed by atoms with Crippen LogP contribution >= 0.6 is 0 Å². The molecule has 0 bridgehead atoms. The number of aromatic hydroxyl groups is 1. The first-order chi connectivity index (χ1) is 8.24. The van der Waals surface area contributed by atoms with Crippen LogP contribution in [0.4, 0.5) is 0 Å². The van der Waals surface area contributed by atoms with Gasteiger partial charge < -0.3 is 14.6 Å². The quantitative estimate of drug-likeness (QED) is 0.815. The summed E-state index contributed by atoms with van der Waals surface area (Å²) in [7, 11) is 0. The highest BCUT2D eigenvalue weighted by atomic mass is 16.7. The molecule has 1 aliphatic heterocycles. The Labute approximate surface area is 99.2 Å². The summed E-state index contributed by atoms with van der Waals surface area (Å²) in [5.74, 6) is 1.84. The van der Waals surface area contributed by atoms with Gasteiger partial charge in [0.05, 0.1) is 0 Å². The number of benzene rings is 2. The molecule has 0 saturated carbocycles. The summed E-state index contributed by atoms with van der Waals surface area (Å²) < 4.78 is 10.6. The third-order valence-electron chi connectivity index (χ3n) is 2.89. The molecule has 86 valence electrons. The van der Waals surface area contributed by atoms with Gasteiger partial charge in [0.25, 0.3) is 0 Å². The summed E-state index contributed by atoms with van der Waals surface area (Å²) in [6.07, 6.45) is 0. The number of phenols is 1. The van der Waals surface area contributed by atoms with E-state index >= 15 is 0 Å². The van der Waals surface area contributed by atoms with Crippen molar-refractivity contribution in [3.05, 3.63) is 42.0 Å². The summed E-state index contributed by atoms with van der Waals surface area (Å²) in [6, 6.07) is 11.2. The van der Waals surface area contributed by atoms with Crippen molar-refractivity contribution in [2.75, 3.05) is 6.79 Å². The Morgan fingerprint density at radius 3 is 2.65 bits per heavy atom. The van der Waals surface area contributed by atoms with Crippen LogP contribution in [0.3, 0.4) is 0 Å². The summed E-state index contributed by atoms with van der Waals surface area (Å²) in [4.78, 5) is 0. The predicted molar refractivity (Wildman–Crippen MR) is 64.4 cm³/mol. The zero-order chi connectivity index (χ0) is 11.8. The molecule has 0 aromatic heterocycles. The van der Waals surface area contributed by atoms with Gasteiger partial charge in [0.2, 0.25) is 6.79 Å². The minimum atomic E-state index is 0.284. The van der Waals surface area contributed by atoms with Gasteiger partial charge in [-0.25, -0.2) is 0 Å². The first-order valence-corrected chi connectivity index (χ1v) is 5.44. The topological polar surface area (TPSA) is 38.7 Å². The number of ether oxygens (including phenoxy) is 2. The number of rotatable bonds is 1. The normalized spacial score (nSPS) is 12.8. The standard InChI is InChI=1S/C14H12O3/c1-9-6-11(15)3-4-12(9)10-2-5-13-14(7-10)17-8-16-13/h2-7,15H,8H2,1H3. The average molecular weight is 228 g/mol. The second kappa shape index (κ2) is 3.70. The summed E-state index contributed by atoms with van der Waals surface area (Å²) >= 11 is 0. The fourth-order valence-corrected chi connectivity index (χ4v) is 2.04. The van der Waals surface area contributed by atoms with Crippen LogP contribution in [0.25, 0.3) is 11.1 Å². The number of phenolic OH excluding ortho intramolecular Hbond substituents is 1. The fraction of sp³-hybridized carbons (Fsp3) is 0.143. The van der Waals surface area contributed by atoms with Crippen molar-refractivity contribution in [2.24, 2.45) is 0 Å². The minimum Gasteiger partial charge on any atom is -0.508 e. The van der Waals surface area contributed by atoms with E-state index in [1.807, 2.05) is 31.2 Å². The highest BCUT2D eigenvalue weighted by Gasteiger charge is 2.14. The van der Waals surface area contributed by atoms with E-state index in [1.54, 1.807) is 12.1 Å². The second-order valence-corrected chi connectivity index (χ2v) is 4.07. The molecular formula is C14H12O3. The Balaban J connectivity index is 2.09. The van der Waals surface area contributed by atoms with E-state index < -0.39 is 0 Å². The Hall–Kier alpha value is -2.16. The molecule has 2 aromatic rings. The van der Waals surface area contributed by atoms with E-state index in [1.165, 1.54) is 0 Å². The zero-order valence-corrected chi connectivity index (χ0v) is 9.43. The van der Waals surface area contributed by atoms with Gasteiger partial charge in [-0.15, -0.1) is 0 Å². The van der Waals surface area contributed by atoms with Gasteiger partial charge in [-0.3, -0.25) is 0 Å². The minimum absolute atomic E-state index is 0.284. The van der Waals surface area contributed by atoms with Crippen LogP contribution in [-0.4, -0.2) is 11.9 Å². The van der Waals surface area contributed by atoms with Crippen LogP contribution in [0.15, 0.2) is 36.4 Å². The highest BCUT2D eigenvalue weighted by molar-refractivity contribution is 5.71. The Kier molecular flexibility index (Phi) is 2.18. The molecule has 3 heteroatoms. The van der Waals surface area contributed by atoms with Gasteiger partial charge in [-0.05, 0) is 47.9 Å². The fourth-order valence-electron chi connectivity index (χ4n) is 2.04. The molecule has 1 heterocycles. The maximum atomic E-state index is 9.39. The molecule has 1 N–H and O–H groups in total. The van der Waals surface area contributed by atoms with Crippen LogP contribution < -0.4 is 9.47 Å². The van der Waals surface area contributed by atoms with Crippen molar-refractivity contribution in [2.45, 2.75) is 6.92 Å². The Morgan fingerprint density at radius 1 is 1.00 bits per heavy atom. The van der Waals surface area contributed by atoms with Crippen molar-refractivity contribution in [1.82, 2.24) is 0 Å². The van der Waals surface area contributed by atoms with Crippen molar-refractivity contribution in [1.29, 1.82) is 0 Å². The summed E-state index contributed by atoms with van der Waals surface area (Å²) in [6.45, 7) is 2.26. The molecule has 0 saturated heterocycles. The average Bonchev–Trinajstić information content (AvgIpc) is 2.75. The van der Waals surface area contributed by atoms with Crippen LogP contribution in [-0.2, 0) is 0 Å². The van der Waals surface area contributed by atoms with E-state index in [0.29, 0.717) is 0 Å². The van der Waals surface area contributed by atoms with E-state index in [0.717, 1.165) is 28.2 Å². The van der Waals surface area contributed by atoms with Crippen LogP contribution in [0.1, 0.15) is 5.56 Å². The Morgan fingerprint density at radius 2 is 1.82 bits per heavy atom. The van der Waals surface area contributed by atoms with E-state index in [2.05, 4.69) is 0 Å². The number of aryl methyl sites for hydroxylation is 1. The lowest BCUT2D eigenvalue weighted by molar-refractivity contribution is 0.174. The predicted octanol–water partition coefficient (Wildman–Crippen LogP) is 3.10. The number of hydrogen-bond acceptors (Lipinski definition) is 3.